The van der Waals surface area contributed by atoms with Gasteiger partial charge >= 0.3 is 0 Å². The van der Waals surface area contributed by atoms with Crippen molar-refractivity contribution in [2.75, 3.05) is 32.8 Å². The molecule has 166 valence electrons. The van der Waals surface area contributed by atoms with Gasteiger partial charge in [0.05, 0.1) is 12.8 Å². The maximum atomic E-state index is 12.7. The van der Waals surface area contributed by atoms with Crippen LogP contribution in [0.3, 0.4) is 0 Å². The number of aromatic nitrogens is 2. The molecule has 0 bridgehead atoms. The summed E-state index contributed by atoms with van der Waals surface area (Å²) in [5, 5.41) is 0. The first-order valence-corrected chi connectivity index (χ1v) is 11.5. The largest absolute Gasteiger partial charge is 0.493 e. The summed E-state index contributed by atoms with van der Waals surface area (Å²) in [6.07, 6.45) is 9.32. The molecule has 2 aliphatic rings. The fourth-order valence-corrected chi connectivity index (χ4v) is 4.71. The zero-order chi connectivity index (χ0) is 21.7. The number of ether oxygens (including phenoxy) is 1. The molecule has 3 heterocycles. The van der Waals surface area contributed by atoms with E-state index in [1.807, 2.05) is 4.90 Å². The molecule has 2 aliphatic heterocycles. The van der Waals surface area contributed by atoms with Crippen LogP contribution in [-0.4, -0.2) is 58.5 Å². The van der Waals surface area contributed by atoms with Gasteiger partial charge in [0.2, 0.25) is 0 Å². The van der Waals surface area contributed by atoms with Gasteiger partial charge in [-0.1, -0.05) is 32.0 Å². The lowest BCUT2D eigenvalue weighted by atomic mass is 9.71. The van der Waals surface area contributed by atoms with Gasteiger partial charge in [0.15, 0.2) is 0 Å². The van der Waals surface area contributed by atoms with Crippen LogP contribution >= 0.6 is 0 Å². The van der Waals surface area contributed by atoms with E-state index in [9.17, 15) is 4.79 Å². The van der Waals surface area contributed by atoms with Crippen LogP contribution in [0.5, 0.6) is 5.75 Å². The molecular weight excluding hydrogens is 388 g/mol. The number of hydrogen-bond acceptors (Lipinski definition) is 5. The maximum Gasteiger partial charge on any atom is 0.274 e. The minimum Gasteiger partial charge on any atom is -0.493 e. The number of carbonyl (C=O) groups is 1. The number of hydrogen-bond donors (Lipinski definition) is 0. The van der Waals surface area contributed by atoms with Crippen LogP contribution in [0, 0.1) is 11.3 Å². The van der Waals surface area contributed by atoms with E-state index in [-0.39, 0.29) is 5.91 Å². The predicted octanol–water partition coefficient (Wildman–Crippen LogP) is 4.03. The number of benzene rings is 1. The molecule has 2 aromatic rings. The lowest BCUT2D eigenvalue weighted by molar-refractivity contribution is 0.0280. The average molecular weight is 423 g/mol. The van der Waals surface area contributed by atoms with Crippen LogP contribution in [0.4, 0.5) is 0 Å². The van der Waals surface area contributed by atoms with E-state index in [2.05, 4.69) is 53.0 Å². The summed E-state index contributed by atoms with van der Waals surface area (Å²) < 4.78 is 6.05. The lowest BCUT2D eigenvalue weighted by Gasteiger charge is -2.47. The van der Waals surface area contributed by atoms with Gasteiger partial charge in [-0.05, 0) is 56.2 Å². The van der Waals surface area contributed by atoms with Crippen molar-refractivity contribution in [3.8, 4) is 5.75 Å². The molecule has 1 amide bonds. The summed E-state index contributed by atoms with van der Waals surface area (Å²) >= 11 is 0. The van der Waals surface area contributed by atoms with E-state index in [4.69, 9.17) is 4.74 Å². The predicted molar refractivity (Wildman–Crippen MR) is 121 cm³/mol. The third kappa shape index (κ3) is 5.42. The topological polar surface area (TPSA) is 58.6 Å². The molecule has 6 nitrogen and oxygen atoms in total. The van der Waals surface area contributed by atoms with Gasteiger partial charge in [0.1, 0.15) is 11.4 Å². The Morgan fingerprint density at radius 3 is 2.45 bits per heavy atom. The summed E-state index contributed by atoms with van der Waals surface area (Å²) in [5.74, 6) is 1.56. The van der Waals surface area contributed by atoms with Crippen LogP contribution < -0.4 is 4.74 Å². The molecule has 0 aliphatic carbocycles. The van der Waals surface area contributed by atoms with Crippen LogP contribution in [0.2, 0.25) is 0 Å². The van der Waals surface area contributed by atoms with Crippen molar-refractivity contribution in [1.29, 1.82) is 0 Å². The number of nitrogens with zero attached hydrogens (tertiary/aromatic N) is 4. The van der Waals surface area contributed by atoms with Gasteiger partial charge < -0.3 is 9.64 Å². The summed E-state index contributed by atoms with van der Waals surface area (Å²) in [4.78, 5) is 25.4. The molecule has 1 aromatic heterocycles. The Labute approximate surface area is 185 Å². The van der Waals surface area contributed by atoms with Gasteiger partial charge in [0, 0.05) is 37.6 Å². The molecule has 31 heavy (non-hydrogen) atoms. The molecule has 0 unspecified atom stereocenters. The Bertz CT molecular complexity index is 853. The third-order valence-corrected chi connectivity index (χ3v) is 6.75. The summed E-state index contributed by atoms with van der Waals surface area (Å²) in [5.41, 5.74) is 2.11. The van der Waals surface area contributed by atoms with Gasteiger partial charge in [0.25, 0.3) is 5.91 Å². The fourth-order valence-electron chi connectivity index (χ4n) is 4.71. The standard InChI is InChI=1S/C25H34N4O2/c1-20(2)19-31-23-6-4-3-5-21(23)18-28-13-7-25(8-14-28)9-15-29(16-10-25)24(30)22-17-26-11-12-27-22/h3-6,11-12,17,20H,7-10,13-16,18-19H2,1-2H3. The molecule has 1 aromatic carbocycles. The van der Waals surface area contributed by atoms with Gasteiger partial charge in [-0.3, -0.25) is 14.7 Å². The second-order valence-corrected chi connectivity index (χ2v) is 9.47. The van der Waals surface area contributed by atoms with Crippen LogP contribution in [0.25, 0.3) is 0 Å². The van der Waals surface area contributed by atoms with Crippen molar-refractivity contribution in [3.05, 3.63) is 54.1 Å². The van der Waals surface area contributed by atoms with Crippen molar-refractivity contribution < 1.29 is 9.53 Å². The highest BCUT2D eigenvalue weighted by Crippen LogP contribution is 2.42. The Kier molecular flexibility index (Phi) is 6.86. The van der Waals surface area contributed by atoms with Crippen LogP contribution in [0.1, 0.15) is 55.6 Å². The van der Waals surface area contributed by atoms with Gasteiger partial charge in [-0.15, -0.1) is 0 Å². The molecule has 2 fully saturated rings. The number of likely N-dealkylation sites (tertiary alicyclic amines) is 2. The first-order chi connectivity index (χ1) is 15.0. The minimum absolute atomic E-state index is 0.0124. The smallest absolute Gasteiger partial charge is 0.274 e. The van der Waals surface area contributed by atoms with Crippen molar-refractivity contribution in [2.24, 2.45) is 11.3 Å². The molecule has 6 heteroatoms. The quantitative estimate of drug-likeness (QED) is 0.703. The summed E-state index contributed by atoms with van der Waals surface area (Å²) in [6.45, 7) is 9.92. The molecule has 2 saturated heterocycles. The first kappa shape index (κ1) is 21.8. The number of rotatable bonds is 6. The number of para-hydroxylation sites is 1. The average Bonchev–Trinajstić information content (AvgIpc) is 2.81. The Hall–Kier alpha value is -2.47. The summed E-state index contributed by atoms with van der Waals surface area (Å²) in [6, 6.07) is 8.44. The van der Waals surface area contributed by atoms with Crippen molar-refractivity contribution in [2.45, 2.75) is 46.1 Å². The van der Waals surface area contributed by atoms with Gasteiger partial charge in [-0.25, -0.2) is 4.98 Å². The van der Waals surface area contributed by atoms with Crippen molar-refractivity contribution >= 4 is 5.91 Å². The Balaban J connectivity index is 1.28. The van der Waals surface area contributed by atoms with E-state index >= 15 is 0 Å². The highest BCUT2D eigenvalue weighted by molar-refractivity contribution is 5.92. The molecule has 0 saturated carbocycles. The monoisotopic (exact) mass is 422 g/mol. The lowest BCUT2D eigenvalue weighted by Crippen LogP contribution is -2.48. The fraction of sp³-hybridized carbons (Fsp3) is 0.560. The zero-order valence-corrected chi connectivity index (χ0v) is 18.8. The SMILES string of the molecule is CC(C)COc1ccccc1CN1CCC2(CC1)CCN(C(=O)c1cnccn1)CC2. The molecule has 4 rings (SSSR count). The number of carbonyl (C=O) groups excluding carboxylic acids is 1. The van der Waals surface area contributed by atoms with E-state index < -0.39 is 0 Å². The van der Waals surface area contributed by atoms with E-state index in [1.165, 1.54) is 18.4 Å². The second-order valence-electron chi connectivity index (χ2n) is 9.47. The minimum atomic E-state index is 0.0124. The first-order valence-electron chi connectivity index (χ1n) is 11.5. The van der Waals surface area contributed by atoms with E-state index in [1.54, 1.807) is 18.6 Å². The highest BCUT2D eigenvalue weighted by atomic mass is 16.5. The normalized spacial score (nSPS) is 19.0. The molecule has 0 radical (unpaired) electrons. The van der Waals surface area contributed by atoms with E-state index in [0.717, 1.165) is 57.9 Å². The summed E-state index contributed by atoms with van der Waals surface area (Å²) in [7, 11) is 0. The molecule has 0 atom stereocenters. The Morgan fingerprint density at radius 1 is 1.06 bits per heavy atom. The van der Waals surface area contributed by atoms with Crippen LogP contribution in [-0.2, 0) is 6.54 Å². The third-order valence-electron chi connectivity index (χ3n) is 6.75. The number of piperidine rings is 2. The van der Waals surface area contributed by atoms with E-state index in [0.29, 0.717) is 17.0 Å². The van der Waals surface area contributed by atoms with Crippen LogP contribution in [0.15, 0.2) is 42.9 Å². The molecule has 1 spiro atoms. The maximum absolute atomic E-state index is 12.7. The zero-order valence-electron chi connectivity index (χ0n) is 18.8. The highest BCUT2D eigenvalue weighted by Gasteiger charge is 2.38. The second kappa shape index (κ2) is 9.77. The van der Waals surface area contributed by atoms with Gasteiger partial charge in [-0.2, -0.15) is 0 Å². The number of amides is 1. The van der Waals surface area contributed by atoms with Crippen molar-refractivity contribution in [1.82, 2.24) is 19.8 Å². The molecule has 0 N–H and O–H groups in total. The molecular formula is C25H34N4O2. The Morgan fingerprint density at radius 2 is 1.77 bits per heavy atom. The van der Waals surface area contributed by atoms with Crippen molar-refractivity contribution in [3.63, 3.8) is 0 Å².